The van der Waals surface area contributed by atoms with E-state index in [0.29, 0.717) is 5.56 Å². The molecule has 0 aromatic heterocycles. The molecule has 20 heavy (non-hydrogen) atoms. The lowest BCUT2D eigenvalue weighted by Gasteiger charge is -2.28. The Morgan fingerprint density at radius 3 is 2.10 bits per heavy atom. The van der Waals surface area contributed by atoms with Gasteiger partial charge >= 0.3 is 0 Å². The quantitative estimate of drug-likeness (QED) is 0.710. The molecule has 0 spiro atoms. The fraction of sp³-hybridized carbons (Fsp3) is 0.588. The Bertz CT molecular complexity index is 462. The molecule has 108 valence electrons. The van der Waals surface area contributed by atoms with Crippen LogP contribution in [0.1, 0.15) is 43.0 Å². The Kier molecular flexibility index (Phi) is 3.88. The third-order valence-corrected chi connectivity index (χ3v) is 4.44. The van der Waals surface area contributed by atoms with Crippen molar-refractivity contribution in [3.63, 3.8) is 0 Å². The van der Waals surface area contributed by atoms with Crippen LogP contribution in [-0.4, -0.2) is 29.8 Å². The van der Waals surface area contributed by atoms with Gasteiger partial charge in [0.25, 0.3) is 0 Å². The number of benzene rings is 1. The summed E-state index contributed by atoms with van der Waals surface area (Å²) in [5.74, 6) is 1.41. The van der Waals surface area contributed by atoms with Gasteiger partial charge in [-0.2, -0.15) is 0 Å². The molecule has 2 nitrogen and oxygen atoms in total. The lowest BCUT2D eigenvalue weighted by molar-refractivity contribution is 0.0824. The molecule has 2 fully saturated rings. The van der Waals surface area contributed by atoms with Crippen LogP contribution in [0.2, 0.25) is 0 Å². The van der Waals surface area contributed by atoms with Crippen LogP contribution in [0.25, 0.3) is 0 Å². The van der Waals surface area contributed by atoms with Crippen LogP contribution in [0, 0.1) is 17.7 Å². The SMILES string of the molecule is CC(C(=O)c1ccc(F)cc1)N(CC1CC1)CC1CC1. The first-order valence-electron chi connectivity index (χ1n) is 7.67. The van der Waals surface area contributed by atoms with E-state index in [-0.39, 0.29) is 17.6 Å². The minimum absolute atomic E-state index is 0.0957. The van der Waals surface area contributed by atoms with Gasteiger partial charge in [0.15, 0.2) is 5.78 Å². The number of rotatable bonds is 7. The third kappa shape index (κ3) is 3.45. The van der Waals surface area contributed by atoms with E-state index >= 15 is 0 Å². The van der Waals surface area contributed by atoms with Crippen LogP contribution < -0.4 is 0 Å². The number of ketones is 1. The fourth-order valence-corrected chi connectivity index (χ4v) is 2.68. The monoisotopic (exact) mass is 275 g/mol. The number of carbonyl (C=O) groups excluding carboxylic acids is 1. The molecular formula is C17H22FNO. The maximum absolute atomic E-state index is 12.9. The molecule has 3 rings (SSSR count). The molecule has 0 N–H and O–H groups in total. The Morgan fingerprint density at radius 1 is 1.15 bits per heavy atom. The minimum atomic E-state index is -0.290. The molecule has 1 unspecified atom stereocenters. The predicted molar refractivity (Wildman–Crippen MR) is 77.2 cm³/mol. The van der Waals surface area contributed by atoms with Gasteiger partial charge in [-0.1, -0.05) is 0 Å². The summed E-state index contributed by atoms with van der Waals surface area (Å²) in [6.07, 6.45) is 5.22. The van der Waals surface area contributed by atoms with Gasteiger partial charge in [-0.3, -0.25) is 9.69 Å². The van der Waals surface area contributed by atoms with Gasteiger partial charge in [-0.15, -0.1) is 0 Å². The highest BCUT2D eigenvalue weighted by Gasteiger charge is 2.33. The molecule has 0 heterocycles. The summed E-state index contributed by atoms with van der Waals surface area (Å²) in [6, 6.07) is 5.83. The van der Waals surface area contributed by atoms with Crippen LogP contribution in [0.15, 0.2) is 24.3 Å². The number of hydrogen-bond donors (Lipinski definition) is 0. The van der Waals surface area contributed by atoms with Crippen molar-refractivity contribution in [1.82, 2.24) is 4.90 Å². The Morgan fingerprint density at radius 2 is 1.65 bits per heavy atom. The third-order valence-electron chi connectivity index (χ3n) is 4.44. The highest BCUT2D eigenvalue weighted by molar-refractivity contribution is 5.99. The van der Waals surface area contributed by atoms with E-state index in [9.17, 15) is 9.18 Å². The maximum Gasteiger partial charge on any atom is 0.179 e. The average Bonchev–Trinajstić information content (AvgIpc) is 3.32. The van der Waals surface area contributed by atoms with Crippen LogP contribution in [-0.2, 0) is 0 Å². The maximum atomic E-state index is 12.9. The summed E-state index contributed by atoms with van der Waals surface area (Å²) in [4.78, 5) is 14.9. The van der Waals surface area contributed by atoms with Gasteiger partial charge in [0, 0.05) is 18.7 Å². The first-order chi connectivity index (χ1) is 9.63. The van der Waals surface area contributed by atoms with E-state index in [1.54, 1.807) is 12.1 Å². The van der Waals surface area contributed by atoms with Crippen molar-refractivity contribution in [3.8, 4) is 0 Å². The topological polar surface area (TPSA) is 20.3 Å². The smallest absolute Gasteiger partial charge is 0.179 e. The second-order valence-corrected chi connectivity index (χ2v) is 6.39. The van der Waals surface area contributed by atoms with E-state index in [0.717, 1.165) is 24.9 Å². The van der Waals surface area contributed by atoms with Gasteiger partial charge in [0.2, 0.25) is 0 Å². The van der Waals surface area contributed by atoms with E-state index in [1.165, 1.54) is 37.8 Å². The fourth-order valence-electron chi connectivity index (χ4n) is 2.68. The number of halogens is 1. The molecule has 0 saturated heterocycles. The Balaban J connectivity index is 1.67. The molecule has 2 saturated carbocycles. The summed E-state index contributed by atoms with van der Waals surface area (Å²) >= 11 is 0. The molecular weight excluding hydrogens is 253 g/mol. The van der Waals surface area contributed by atoms with E-state index in [4.69, 9.17) is 0 Å². The van der Waals surface area contributed by atoms with Crippen molar-refractivity contribution in [1.29, 1.82) is 0 Å². The van der Waals surface area contributed by atoms with Crippen molar-refractivity contribution >= 4 is 5.78 Å². The van der Waals surface area contributed by atoms with Crippen LogP contribution in [0.3, 0.4) is 0 Å². The molecule has 1 aromatic carbocycles. The van der Waals surface area contributed by atoms with Crippen molar-refractivity contribution < 1.29 is 9.18 Å². The van der Waals surface area contributed by atoms with E-state index < -0.39 is 0 Å². The molecule has 0 bridgehead atoms. The summed E-state index contributed by atoms with van der Waals surface area (Å²) < 4.78 is 12.9. The molecule has 0 amide bonds. The summed E-state index contributed by atoms with van der Waals surface area (Å²) in [5, 5.41) is 0. The standard InChI is InChI=1S/C17H22FNO/c1-12(17(20)15-6-8-16(18)9-7-15)19(10-13-2-3-13)11-14-4-5-14/h6-9,12-14H,2-5,10-11H2,1H3. The zero-order valence-corrected chi connectivity index (χ0v) is 12.0. The lowest BCUT2D eigenvalue weighted by Crippen LogP contribution is -2.41. The second-order valence-electron chi connectivity index (χ2n) is 6.39. The summed E-state index contributed by atoms with van der Waals surface area (Å²) in [7, 11) is 0. The molecule has 3 heteroatoms. The van der Waals surface area contributed by atoms with Crippen molar-refractivity contribution in [2.45, 2.75) is 38.6 Å². The first-order valence-corrected chi connectivity index (χ1v) is 7.67. The average molecular weight is 275 g/mol. The zero-order valence-electron chi connectivity index (χ0n) is 12.0. The van der Waals surface area contributed by atoms with Gasteiger partial charge in [0.1, 0.15) is 5.82 Å². The first kappa shape index (κ1) is 13.7. The van der Waals surface area contributed by atoms with Crippen LogP contribution >= 0.6 is 0 Å². The zero-order chi connectivity index (χ0) is 14.1. The number of hydrogen-bond acceptors (Lipinski definition) is 2. The molecule has 1 atom stereocenters. The second kappa shape index (κ2) is 5.65. The largest absolute Gasteiger partial charge is 0.293 e. The van der Waals surface area contributed by atoms with Crippen molar-refractivity contribution in [2.75, 3.05) is 13.1 Å². The number of nitrogens with zero attached hydrogens (tertiary/aromatic N) is 1. The molecule has 0 radical (unpaired) electrons. The Labute approximate surface area is 120 Å². The highest BCUT2D eigenvalue weighted by Crippen LogP contribution is 2.34. The van der Waals surface area contributed by atoms with Gasteiger partial charge in [0.05, 0.1) is 6.04 Å². The summed E-state index contributed by atoms with van der Waals surface area (Å²) in [6.45, 7) is 4.09. The van der Waals surface area contributed by atoms with Crippen molar-refractivity contribution in [3.05, 3.63) is 35.6 Å². The number of Topliss-reactive ketones (excluding diaryl/α,β-unsaturated/α-hetero) is 1. The van der Waals surface area contributed by atoms with Gasteiger partial charge in [-0.05, 0) is 68.7 Å². The normalized spacial score (nSPS) is 20.1. The molecule has 0 aliphatic heterocycles. The minimum Gasteiger partial charge on any atom is -0.293 e. The predicted octanol–water partition coefficient (Wildman–Crippen LogP) is 3.52. The van der Waals surface area contributed by atoms with Crippen LogP contribution in [0.4, 0.5) is 4.39 Å². The number of carbonyl (C=O) groups is 1. The highest BCUT2D eigenvalue weighted by atomic mass is 19.1. The molecule has 1 aromatic rings. The molecule has 2 aliphatic rings. The lowest BCUT2D eigenvalue weighted by atomic mass is 10.0. The van der Waals surface area contributed by atoms with E-state index in [1.807, 2.05) is 6.92 Å². The van der Waals surface area contributed by atoms with Gasteiger partial charge in [-0.25, -0.2) is 4.39 Å². The Hall–Kier alpha value is -1.22. The van der Waals surface area contributed by atoms with Crippen molar-refractivity contribution in [2.24, 2.45) is 11.8 Å². The molecule has 2 aliphatic carbocycles. The van der Waals surface area contributed by atoms with Gasteiger partial charge < -0.3 is 0 Å². The summed E-state index contributed by atoms with van der Waals surface area (Å²) in [5.41, 5.74) is 0.621. The van der Waals surface area contributed by atoms with E-state index in [2.05, 4.69) is 4.90 Å². The van der Waals surface area contributed by atoms with Crippen LogP contribution in [0.5, 0.6) is 0 Å².